The van der Waals surface area contributed by atoms with Gasteiger partial charge >= 0.3 is 6.11 Å². The van der Waals surface area contributed by atoms with Gasteiger partial charge < -0.3 is 4.74 Å². The van der Waals surface area contributed by atoms with Gasteiger partial charge in [-0.25, -0.2) is 17.6 Å². The van der Waals surface area contributed by atoms with Crippen LogP contribution in [0.1, 0.15) is 17.5 Å². The molecule has 0 saturated carbocycles. The number of benzene rings is 5. The molecule has 8 heteroatoms. The number of ether oxygens (including phenoxy) is 1. The molecule has 0 radical (unpaired) electrons. The molecule has 0 aliphatic heterocycles. The van der Waals surface area contributed by atoms with E-state index in [1.165, 1.54) is 66.7 Å². The predicted octanol–water partition coefficient (Wildman–Crippen LogP) is 11.1. The van der Waals surface area contributed by atoms with Crippen molar-refractivity contribution in [1.82, 2.24) is 0 Å². The van der Waals surface area contributed by atoms with Gasteiger partial charge in [0.1, 0.15) is 29.0 Å². The van der Waals surface area contributed by atoms with E-state index in [1.54, 1.807) is 12.1 Å². The highest BCUT2D eigenvalue weighted by Gasteiger charge is 2.37. The highest BCUT2D eigenvalue weighted by atomic mass is 35.5. The maximum Gasteiger partial charge on any atom is 0.429 e. The zero-order chi connectivity index (χ0) is 30.7. The van der Waals surface area contributed by atoms with E-state index in [-0.39, 0.29) is 33.0 Å². The van der Waals surface area contributed by atoms with E-state index in [9.17, 15) is 22.0 Å². The molecule has 0 bridgehead atoms. The van der Waals surface area contributed by atoms with Crippen molar-refractivity contribution in [3.05, 3.63) is 149 Å². The molecule has 0 aromatic heterocycles. The Morgan fingerprint density at radius 3 is 1.77 bits per heavy atom. The second kappa shape index (κ2) is 12.4. The van der Waals surface area contributed by atoms with Crippen molar-refractivity contribution in [2.45, 2.75) is 19.0 Å². The van der Waals surface area contributed by atoms with E-state index < -0.39 is 34.9 Å². The summed E-state index contributed by atoms with van der Waals surface area (Å²) in [6.07, 6.45) is -1.20. The first-order chi connectivity index (χ1) is 20.6. The maximum absolute atomic E-state index is 15.1. The lowest BCUT2D eigenvalue weighted by Crippen LogP contribution is -2.23. The third-order valence-corrected chi connectivity index (χ3v) is 7.20. The van der Waals surface area contributed by atoms with Gasteiger partial charge in [0.15, 0.2) is 0 Å². The fraction of sp³-hybridized carbons (Fsp3) is 0.0857. The zero-order valence-corrected chi connectivity index (χ0v) is 23.2. The molecule has 0 fully saturated rings. The summed E-state index contributed by atoms with van der Waals surface area (Å²) in [7, 11) is 0. The Morgan fingerprint density at radius 1 is 0.628 bits per heavy atom. The number of hydrogen-bond acceptors (Lipinski definition) is 1. The van der Waals surface area contributed by atoms with Gasteiger partial charge in [-0.15, -0.1) is 6.58 Å². The Kier molecular flexibility index (Phi) is 8.64. The molecule has 5 aromatic carbocycles. The molecule has 0 aliphatic rings. The summed E-state index contributed by atoms with van der Waals surface area (Å²) in [5.41, 5.74) is 1.44. The maximum atomic E-state index is 15.1. The average Bonchev–Trinajstić information content (AvgIpc) is 2.97. The Hall–Kier alpha value is -4.49. The molecule has 5 aromatic rings. The Bertz CT molecular complexity index is 1800. The average molecular weight is 609 g/mol. The van der Waals surface area contributed by atoms with Crippen molar-refractivity contribution in [3.63, 3.8) is 0 Å². The molecule has 0 aliphatic carbocycles. The normalized spacial score (nSPS) is 11.4. The van der Waals surface area contributed by atoms with Crippen molar-refractivity contribution in [2.24, 2.45) is 0 Å². The second-order valence-electron chi connectivity index (χ2n) is 9.80. The summed E-state index contributed by atoms with van der Waals surface area (Å²) in [6, 6.07) is 21.3. The van der Waals surface area contributed by atoms with Crippen molar-refractivity contribution in [1.29, 1.82) is 0 Å². The fourth-order valence-corrected chi connectivity index (χ4v) is 4.76. The molecule has 218 valence electrons. The van der Waals surface area contributed by atoms with Gasteiger partial charge in [0.05, 0.1) is 10.6 Å². The summed E-state index contributed by atoms with van der Waals surface area (Å²) in [6.45, 7) is 3.59. The summed E-state index contributed by atoms with van der Waals surface area (Å²) >= 11 is 5.70. The highest BCUT2D eigenvalue weighted by molar-refractivity contribution is 6.30. The smallest absolute Gasteiger partial charge is 0.429 e. The predicted molar refractivity (Wildman–Crippen MR) is 157 cm³/mol. The molecule has 1 nitrogen and oxygen atoms in total. The van der Waals surface area contributed by atoms with Gasteiger partial charge in [0.2, 0.25) is 0 Å². The molecular weight excluding hydrogens is 586 g/mol. The highest BCUT2D eigenvalue weighted by Crippen LogP contribution is 2.36. The van der Waals surface area contributed by atoms with E-state index in [2.05, 4.69) is 6.58 Å². The lowest BCUT2D eigenvalue weighted by atomic mass is 9.97. The zero-order valence-electron chi connectivity index (χ0n) is 22.5. The number of allylic oxidation sites excluding steroid dienone is 1. The van der Waals surface area contributed by atoms with Gasteiger partial charge in [-0.05, 0) is 89.2 Å². The number of halogens is 7. The molecule has 0 spiro atoms. The third kappa shape index (κ3) is 6.62. The minimum absolute atomic E-state index is 0.0840. The van der Waals surface area contributed by atoms with Gasteiger partial charge in [-0.3, -0.25) is 0 Å². The van der Waals surface area contributed by atoms with Crippen LogP contribution in [0.25, 0.3) is 33.4 Å². The number of rotatable bonds is 9. The van der Waals surface area contributed by atoms with Crippen LogP contribution in [0.5, 0.6) is 5.75 Å². The van der Waals surface area contributed by atoms with E-state index >= 15 is 4.39 Å². The first-order valence-electron chi connectivity index (χ1n) is 13.2. The molecule has 43 heavy (non-hydrogen) atoms. The van der Waals surface area contributed by atoms with E-state index in [1.807, 2.05) is 0 Å². The van der Waals surface area contributed by atoms with Crippen LogP contribution in [0, 0.1) is 23.3 Å². The summed E-state index contributed by atoms with van der Waals surface area (Å²) in [5.74, 6) is -3.28. The van der Waals surface area contributed by atoms with Crippen LogP contribution in [-0.2, 0) is 12.5 Å². The molecular formula is C35H23ClF6O. The van der Waals surface area contributed by atoms with Crippen LogP contribution < -0.4 is 4.74 Å². The molecule has 0 amide bonds. The van der Waals surface area contributed by atoms with Crippen molar-refractivity contribution in [2.75, 3.05) is 0 Å². The summed E-state index contributed by atoms with van der Waals surface area (Å²) in [4.78, 5) is 0. The topological polar surface area (TPSA) is 9.23 Å². The number of hydrogen-bond donors (Lipinski definition) is 0. The van der Waals surface area contributed by atoms with Crippen LogP contribution >= 0.6 is 11.6 Å². The fourth-order valence-electron chi connectivity index (χ4n) is 4.65. The Labute approximate surface area is 249 Å². The lowest BCUT2D eigenvalue weighted by molar-refractivity contribution is -0.187. The van der Waals surface area contributed by atoms with Crippen molar-refractivity contribution in [3.8, 4) is 39.1 Å². The van der Waals surface area contributed by atoms with E-state index in [4.69, 9.17) is 16.3 Å². The van der Waals surface area contributed by atoms with E-state index in [0.29, 0.717) is 29.5 Å². The van der Waals surface area contributed by atoms with Gasteiger partial charge in [0.25, 0.3) is 0 Å². The SMILES string of the molecule is C=CCCc1ccc(C(F)(F)Oc2ccc(-c3ccc(-c4ccc(-c5ccc(Cl)c(F)c5)c(F)c4)c(F)c3)cc2)c(F)c1. The Morgan fingerprint density at radius 2 is 1.19 bits per heavy atom. The minimum atomic E-state index is -3.93. The monoisotopic (exact) mass is 608 g/mol. The first kappa shape index (κ1) is 30.0. The largest absolute Gasteiger partial charge is 0.429 e. The number of aryl methyl sites for hydroxylation is 1. The lowest BCUT2D eigenvalue weighted by Gasteiger charge is -2.19. The molecule has 0 heterocycles. The minimum Gasteiger partial charge on any atom is -0.429 e. The molecule has 0 saturated heterocycles. The summed E-state index contributed by atoms with van der Waals surface area (Å²) < 4.78 is 92.7. The van der Waals surface area contributed by atoms with Gasteiger partial charge in [0, 0.05) is 11.1 Å². The van der Waals surface area contributed by atoms with Crippen molar-refractivity contribution >= 4 is 11.6 Å². The molecule has 0 unspecified atom stereocenters. The quantitative estimate of drug-likeness (QED) is 0.119. The van der Waals surface area contributed by atoms with Gasteiger partial charge in [-0.1, -0.05) is 66.2 Å². The standard InChI is InChI=1S/C35H23ClF6O/c1-2-3-4-21-5-15-29(33(39)17-21)35(41,42)43-26-11-6-22(7-12-26)23-8-13-27(31(37)18-23)24-9-14-28(32(38)19-24)25-10-16-30(36)34(40)20-25/h2,5-20H,1,3-4H2. The molecule has 5 rings (SSSR count). The van der Waals surface area contributed by atoms with Crippen LogP contribution in [0.2, 0.25) is 5.02 Å². The second-order valence-corrected chi connectivity index (χ2v) is 10.2. The molecule has 0 atom stereocenters. The number of alkyl halides is 2. The third-order valence-electron chi connectivity index (χ3n) is 6.90. The van der Waals surface area contributed by atoms with Crippen LogP contribution in [-0.4, -0.2) is 0 Å². The first-order valence-corrected chi connectivity index (χ1v) is 13.6. The Balaban J connectivity index is 1.32. The van der Waals surface area contributed by atoms with Crippen molar-refractivity contribution < 1.29 is 31.1 Å². The van der Waals surface area contributed by atoms with Crippen LogP contribution in [0.4, 0.5) is 26.3 Å². The van der Waals surface area contributed by atoms with Crippen LogP contribution in [0.15, 0.2) is 110 Å². The van der Waals surface area contributed by atoms with E-state index in [0.717, 1.165) is 24.3 Å². The van der Waals surface area contributed by atoms with Crippen LogP contribution in [0.3, 0.4) is 0 Å². The van der Waals surface area contributed by atoms with Gasteiger partial charge in [-0.2, -0.15) is 8.78 Å². The summed E-state index contributed by atoms with van der Waals surface area (Å²) in [5, 5.41) is -0.0840. The molecule has 0 N–H and O–H groups in total.